The van der Waals surface area contributed by atoms with E-state index in [1.54, 1.807) is 0 Å². The Morgan fingerprint density at radius 2 is 1.25 bits per heavy atom. The van der Waals surface area contributed by atoms with Crippen LogP contribution in [0.25, 0.3) is 0 Å². The highest BCUT2D eigenvalue weighted by atomic mass is 14.0. The Labute approximate surface area is 98.1 Å². The van der Waals surface area contributed by atoms with Crippen molar-refractivity contribution in [1.82, 2.24) is 0 Å². The van der Waals surface area contributed by atoms with E-state index < -0.39 is 0 Å². The molecule has 0 saturated carbocycles. The maximum Gasteiger partial charge on any atom is 0.0404 e. The average Bonchev–Trinajstić information content (AvgIpc) is 2.28. The molecule has 16 heavy (non-hydrogen) atoms. The first-order valence-corrected chi connectivity index (χ1v) is 5.86. The summed E-state index contributed by atoms with van der Waals surface area (Å²) in [7, 11) is 0. The molecule has 1 aromatic carbocycles. The molecule has 2 rings (SSSR count). The molecule has 0 nitrogen and oxygen atoms in total. The molecular formula is C16H16. The van der Waals surface area contributed by atoms with Crippen LogP contribution in [0.3, 0.4) is 0 Å². The molecule has 1 aromatic rings. The van der Waals surface area contributed by atoms with Crippen LogP contribution in [0.15, 0.2) is 12.1 Å². The molecule has 0 N–H and O–H groups in total. The summed E-state index contributed by atoms with van der Waals surface area (Å²) in [6, 6.07) is 4.32. The largest absolute Gasteiger partial charge is 0.0978 e. The van der Waals surface area contributed by atoms with E-state index in [9.17, 15) is 0 Å². The third-order valence-electron chi connectivity index (χ3n) is 2.93. The van der Waals surface area contributed by atoms with Crippen molar-refractivity contribution in [3.05, 3.63) is 34.4 Å². The minimum absolute atomic E-state index is 0.994. The van der Waals surface area contributed by atoms with E-state index in [1.165, 1.54) is 24.0 Å². The van der Waals surface area contributed by atoms with Crippen LogP contribution in [0.1, 0.15) is 47.9 Å². The van der Waals surface area contributed by atoms with Gasteiger partial charge in [-0.3, -0.25) is 0 Å². The summed E-state index contributed by atoms with van der Waals surface area (Å²) in [5, 5.41) is 0. The first-order valence-electron chi connectivity index (χ1n) is 5.86. The molecule has 0 aromatic heterocycles. The number of aryl methyl sites for hydroxylation is 2. The van der Waals surface area contributed by atoms with Crippen molar-refractivity contribution >= 4 is 0 Å². The van der Waals surface area contributed by atoms with Crippen LogP contribution in [0.5, 0.6) is 0 Å². The minimum Gasteiger partial charge on any atom is -0.0978 e. The Bertz CT molecular complexity index is 464. The molecule has 0 bridgehead atoms. The van der Waals surface area contributed by atoms with Crippen molar-refractivity contribution in [3.63, 3.8) is 0 Å². The van der Waals surface area contributed by atoms with Crippen LogP contribution in [-0.2, 0) is 0 Å². The van der Waals surface area contributed by atoms with Gasteiger partial charge in [0.25, 0.3) is 0 Å². The van der Waals surface area contributed by atoms with Crippen LogP contribution in [0.4, 0.5) is 0 Å². The number of rotatable bonds is 0. The van der Waals surface area contributed by atoms with E-state index in [1.807, 2.05) is 0 Å². The van der Waals surface area contributed by atoms with Gasteiger partial charge >= 0.3 is 0 Å². The number of hydrogen-bond acceptors (Lipinski definition) is 0. The molecule has 0 spiro atoms. The van der Waals surface area contributed by atoms with Gasteiger partial charge in [0.05, 0.1) is 0 Å². The molecule has 0 fully saturated rings. The highest BCUT2D eigenvalue weighted by Crippen LogP contribution is 2.15. The molecule has 0 heterocycles. The molecule has 0 heteroatoms. The fraction of sp³-hybridized carbons (Fsp3) is 0.375. The van der Waals surface area contributed by atoms with Crippen LogP contribution in [0.2, 0.25) is 0 Å². The maximum absolute atomic E-state index is 3.25. The van der Waals surface area contributed by atoms with Crippen molar-refractivity contribution in [1.29, 1.82) is 0 Å². The summed E-state index contributed by atoms with van der Waals surface area (Å²) in [6.45, 7) is 4.26. The Morgan fingerprint density at radius 3 is 1.69 bits per heavy atom. The van der Waals surface area contributed by atoms with Gasteiger partial charge in [0.2, 0.25) is 0 Å². The predicted octanol–water partition coefficient (Wildman–Crippen LogP) is 3.58. The average molecular weight is 208 g/mol. The van der Waals surface area contributed by atoms with Crippen LogP contribution < -0.4 is 0 Å². The molecule has 0 amide bonds. The summed E-state index contributed by atoms with van der Waals surface area (Å²) >= 11 is 0. The zero-order chi connectivity index (χ0) is 11.4. The molecule has 1 aliphatic rings. The van der Waals surface area contributed by atoms with Crippen molar-refractivity contribution < 1.29 is 0 Å². The standard InChI is InChI=1S/C16H16/c1-13-11-15-9-7-5-3-4-6-8-10-16(15)12-14(13)2/h11-12H,3-6H2,1-2H3. The van der Waals surface area contributed by atoms with E-state index in [0.717, 1.165) is 24.0 Å². The van der Waals surface area contributed by atoms with E-state index in [-0.39, 0.29) is 0 Å². The highest BCUT2D eigenvalue weighted by Gasteiger charge is 2.01. The second kappa shape index (κ2) is 4.91. The zero-order valence-corrected chi connectivity index (χ0v) is 9.98. The number of benzene rings is 1. The Kier molecular flexibility index (Phi) is 3.33. The minimum atomic E-state index is 0.994. The van der Waals surface area contributed by atoms with Gasteiger partial charge < -0.3 is 0 Å². The maximum atomic E-state index is 3.25. The Morgan fingerprint density at radius 1 is 0.812 bits per heavy atom. The lowest BCUT2D eigenvalue weighted by Crippen LogP contribution is -1.90. The van der Waals surface area contributed by atoms with Gasteiger partial charge in [-0.15, -0.1) is 0 Å². The molecule has 0 saturated heterocycles. The van der Waals surface area contributed by atoms with Crippen LogP contribution in [-0.4, -0.2) is 0 Å². The summed E-state index contributed by atoms with van der Waals surface area (Å²) in [5.41, 5.74) is 4.79. The van der Waals surface area contributed by atoms with Gasteiger partial charge in [0.1, 0.15) is 0 Å². The number of hydrogen-bond donors (Lipinski definition) is 0. The van der Waals surface area contributed by atoms with E-state index in [4.69, 9.17) is 0 Å². The molecule has 0 atom stereocenters. The first-order chi connectivity index (χ1) is 7.77. The smallest absolute Gasteiger partial charge is 0.0404 e. The summed E-state index contributed by atoms with van der Waals surface area (Å²) in [5.74, 6) is 13.0. The summed E-state index contributed by atoms with van der Waals surface area (Å²) in [4.78, 5) is 0. The van der Waals surface area contributed by atoms with Crippen LogP contribution >= 0.6 is 0 Å². The van der Waals surface area contributed by atoms with E-state index >= 15 is 0 Å². The van der Waals surface area contributed by atoms with Crippen molar-refractivity contribution in [3.8, 4) is 23.7 Å². The molecular weight excluding hydrogens is 192 g/mol. The SMILES string of the molecule is Cc1cc2c(cc1C)C#CCCCCC#C2. The predicted molar refractivity (Wildman–Crippen MR) is 68.1 cm³/mol. The lowest BCUT2D eigenvalue weighted by atomic mass is 9.99. The number of fused-ring (bicyclic) bond motifs is 1. The van der Waals surface area contributed by atoms with Gasteiger partial charge in [0, 0.05) is 24.0 Å². The summed E-state index contributed by atoms with van der Waals surface area (Å²) in [6.07, 6.45) is 4.33. The Hall–Kier alpha value is -1.66. The van der Waals surface area contributed by atoms with Gasteiger partial charge in [0.15, 0.2) is 0 Å². The van der Waals surface area contributed by atoms with E-state index in [0.29, 0.717) is 0 Å². The summed E-state index contributed by atoms with van der Waals surface area (Å²) < 4.78 is 0. The monoisotopic (exact) mass is 208 g/mol. The second-order valence-electron chi connectivity index (χ2n) is 4.29. The van der Waals surface area contributed by atoms with Crippen molar-refractivity contribution in [2.24, 2.45) is 0 Å². The molecule has 1 aliphatic carbocycles. The third-order valence-corrected chi connectivity index (χ3v) is 2.93. The van der Waals surface area contributed by atoms with Crippen molar-refractivity contribution in [2.75, 3.05) is 0 Å². The third kappa shape index (κ3) is 2.47. The first kappa shape index (κ1) is 10.8. The van der Waals surface area contributed by atoms with Crippen molar-refractivity contribution in [2.45, 2.75) is 39.5 Å². The Balaban J connectivity index is 2.51. The van der Waals surface area contributed by atoms with Gasteiger partial charge in [-0.2, -0.15) is 0 Å². The lowest BCUT2D eigenvalue weighted by molar-refractivity contribution is 0.782. The normalized spacial score (nSPS) is 13.9. The fourth-order valence-corrected chi connectivity index (χ4v) is 1.77. The second-order valence-corrected chi connectivity index (χ2v) is 4.29. The highest BCUT2D eigenvalue weighted by molar-refractivity contribution is 5.53. The molecule has 0 radical (unpaired) electrons. The zero-order valence-electron chi connectivity index (χ0n) is 9.98. The van der Waals surface area contributed by atoms with E-state index in [2.05, 4.69) is 49.7 Å². The van der Waals surface area contributed by atoms with Gasteiger partial charge in [-0.1, -0.05) is 23.7 Å². The topological polar surface area (TPSA) is 0 Å². The van der Waals surface area contributed by atoms with Gasteiger partial charge in [-0.05, 0) is 49.9 Å². The molecule has 80 valence electrons. The lowest BCUT2D eigenvalue weighted by Gasteiger charge is -2.04. The quantitative estimate of drug-likeness (QED) is 0.572. The molecule has 0 aliphatic heterocycles. The van der Waals surface area contributed by atoms with Gasteiger partial charge in [-0.25, -0.2) is 0 Å². The molecule has 0 unspecified atom stereocenters. The fourth-order valence-electron chi connectivity index (χ4n) is 1.77. The van der Waals surface area contributed by atoms with Crippen LogP contribution in [0, 0.1) is 37.5 Å².